The van der Waals surface area contributed by atoms with Crippen LogP contribution >= 0.6 is 0 Å². The number of ether oxygens (including phenoxy) is 3. The SMILES string of the molecule is CCOC(=O)C1CCN(C(=O)C2CN(C(=O)c3ccc4c(c3)OCO4)C2)CC1. The van der Waals surface area contributed by atoms with Crippen LogP contribution in [0.3, 0.4) is 0 Å². The molecule has 4 rings (SSSR count). The summed E-state index contributed by atoms with van der Waals surface area (Å²) in [4.78, 5) is 40.6. The molecule has 2 amide bonds. The first kappa shape index (κ1) is 18.6. The van der Waals surface area contributed by atoms with E-state index >= 15 is 0 Å². The molecule has 0 unspecified atom stereocenters. The summed E-state index contributed by atoms with van der Waals surface area (Å²) in [5, 5.41) is 0. The summed E-state index contributed by atoms with van der Waals surface area (Å²) >= 11 is 0. The number of hydrogen-bond donors (Lipinski definition) is 0. The lowest BCUT2D eigenvalue weighted by Crippen LogP contribution is -2.57. The fourth-order valence-electron chi connectivity index (χ4n) is 3.87. The molecule has 2 fully saturated rings. The first-order valence-corrected chi connectivity index (χ1v) is 9.71. The van der Waals surface area contributed by atoms with Gasteiger partial charge >= 0.3 is 5.97 Å². The highest BCUT2D eigenvalue weighted by Crippen LogP contribution is 2.33. The number of hydrogen-bond acceptors (Lipinski definition) is 6. The fourth-order valence-corrected chi connectivity index (χ4v) is 3.87. The van der Waals surface area contributed by atoms with E-state index in [4.69, 9.17) is 14.2 Å². The predicted octanol–water partition coefficient (Wildman–Crippen LogP) is 1.29. The maximum Gasteiger partial charge on any atom is 0.309 e. The third-order valence-electron chi connectivity index (χ3n) is 5.56. The summed E-state index contributed by atoms with van der Waals surface area (Å²) in [6.45, 7) is 4.31. The number of nitrogens with zero attached hydrogens (tertiary/aromatic N) is 2. The summed E-state index contributed by atoms with van der Waals surface area (Å²) in [6, 6.07) is 5.12. The number of carbonyl (C=O) groups excluding carboxylic acids is 3. The third-order valence-corrected chi connectivity index (χ3v) is 5.56. The number of piperidine rings is 1. The van der Waals surface area contributed by atoms with E-state index in [-0.39, 0.29) is 36.4 Å². The zero-order valence-electron chi connectivity index (χ0n) is 15.9. The summed E-state index contributed by atoms with van der Waals surface area (Å²) < 4.78 is 15.6. The quantitative estimate of drug-likeness (QED) is 0.723. The summed E-state index contributed by atoms with van der Waals surface area (Å²) in [5.41, 5.74) is 0.533. The van der Waals surface area contributed by atoms with Gasteiger partial charge in [-0.25, -0.2) is 0 Å². The predicted molar refractivity (Wildman–Crippen MR) is 97.9 cm³/mol. The summed E-state index contributed by atoms with van der Waals surface area (Å²) in [7, 11) is 0. The minimum Gasteiger partial charge on any atom is -0.466 e. The molecule has 8 heteroatoms. The van der Waals surface area contributed by atoms with E-state index in [1.165, 1.54) is 0 Å². The van der Waals surface area contributed by atoms with Crippen molar-refractivity contribution in [3.63, 3.8) is 0 Å². The Morgan fingerprint density at radius 3 is 2.46 bits per heavy atom. The molecule has 0 atom stereocenters. The average Bonchev–Trinajstić information content (AvgIpc) is 3.14. The average molecular weight is 388 g/mol. The Bertz CT molecular complexity index is 781. The van der Waals surface area contributed by atoms with Crippen LogP contribution < -0.4 is 9.47 Å². The first-order chi connectivity index (χ1) is 13.6. The van der Waals surface area contributed by atoms with E-state index in [1.807, 2.05) is 4.90 Å². The molecule has 3 aliphatic rings. The highest BCUT2D eigenvalue weighted by Gasteiger charge is 2.39. The van der Waals surface area contributed by atoms with E-state index < -0.39 is 0 Å². The smallest absolute Gasteiger partial charge is 0.309 e. The molecule has 150 valence electrons. The molecule has 3 heterocycles. The lowest BCUT2D eigenvalue weighted by atomic mass is 9.93. The minimum atomic E-state index is -0.169. The van der Waals surface area contributed by atoms with Gasteiger partial charge in [0.05, 0.1) is 18.4 Å². The monoisotopic (exact) mass is 388 g/mol. The maximum atomic E-state index is 12.7. The molecule has 0 aliphatic carbocycles. The van der Waals surface area contributed by atoms with Crippen molar-refractivity contribution >= 4 is 17.8 Å². The zero-order valence-corrected chi connectivity index (χ0v) is 15.9. The number of fused-ring (bicyclic) bond motifs is 1. The molecule has 3 aliphatic heterocycles. The molecule has 0 aromatic heterocycles. The fraction of sp³-hybridized carbons (Fsp3) is 0.550. The van der Waals surface area contributed by atoms with Crippen molar-refractivity contribution in [2.24, 2.45) is 11.8 Å². The largest absolute Gasteiger partial charge is 0.466 e. The number of amides is 2. The van der Waals surface area contributed by atoms with Gasteiger partial charge < -0.3 is 24.0 Å². The minimum absolute atomic E-state index is 0.0667. The Labute approximate surface area is 163 Å². The Morgan fingerprint density at radius 2 is 1.75 bits per heavy atom. The highest BCUT2D eigenvalue weighted by molar-refractivity contribution is 5.96. The van der Waals surface area contributed by atoms with Crippen LogP contribution in [0, 0.1) is 11.8 Å². The lowest BCUT2D eigenvalue weighted by molar-refractivity contribution is -0.152. The molecule has 0 saturated carbocycles. The number of esters is 1. The van der Waals surface area contributed by atoms with E-state index in [0.717, 1.165) is 0 Å². The number of carbonyl (C=O) groups is 3. The van der Waals surface area contributed by atoms with Crippen molar-refractivity contribution in [3.05, 3.63) is 23.8 Å². The van der Waals surface area contributed by atoms with Crippen LogP contribution in [0.25, 0.3) is 0 Å². The number of rotatable bonds is 4. The number of likely N-dealkylation sites (tertiary alicyclic amines) is 2. The van der Waals surface area contributed by atoms with Gasteiger partial charge in [0.2, 0.25) is 12.7 Å². The molecule has 0 spiro atoms. The number of benzene rings is 1. The molecule has 1 aromatic carbocycles. The van der Waals surface area contributed by atoms with Gasteiger partial charge in [0.25, 0.3) is 5.91 Å². The zero-order chi connectivity index (χ0) is 19.7. The molecule has 0 radical (unpaired) electrons. The first-order valence-electron chi connectivity index (χ1n) is 9.71. The van der Waals surface area contributed by atoms with Crippen LogP contribution in [0.15, 0.2) is 18.2 Å². The Balaban J connectivity index is 1.26. The third kappa shape index (κ3) is 3.50. The summed E-state index contributed by atoms with van der Waals surface area (Å²) in [6.07, 6.45) is 1.27. The molecular formula is C20H24N2O6. The van der Waals surface area contributed by atoms with Crippen molar-refractivity contribution < 1.29 is 28.6 Å². The van der Waals surface area contributed by atoms with Crippen LogP contribution in [0.1, 0.15) is 30.1 Å². The lowest BCUT2D eigenvalue weighted by Gasteiger charge is -2.42. The van der Waals surface area contributed by atoms with Crippen molar-refractivity contribution in [2.45, 2.75) is 19.8 Å². The molecule has 1 aromatic rings. The van der Waals surface area contributed by atoms with Crippen LogP contribution in [-0.2, 0) is 14.3 Å². The van der Waals surface area contributed by atoms with E-state index in [0.29, 0.717) is 62.7 Å². The standard InChI is InChI=1S/C20H24N2O6/c1-2-26-20(25)13-5-7-21(8-6-13)19(24)15-10-22(11-15)18(23)14-3-4-16-17(9-14)28-12-27-16/h3-4,9,13,15H,2,5-8,10-12H2,1H3. The van der Waals surface area contributed by atoms with Gasteiger partial charge in [-0.2, -0.15) is 0 Å². The van der Waals surface area contributed by atoms with Gasteiger partial charge in [-0.3, -0.25) is 14.4 Å². The van der Waals surface area contributed by atoms with Gasteiger partial charge in [-0.15, -0.1) is 0 Å². The molecule has 8 nitrogen and oxygen atoms in total. The van der Waals surface area contributed by atoms with Crippen molar-refractivity contribution in [3.8, 4) is 11.5 Å². The van der Waals surface area contributed by atoms with Crippen LogP contribution in [0.4, 0.5) is 0 Å². The Morgan fingerprint density at radius 1 is 1.04 bits per heavy atom. The van der Waals surface area contributed by atoms with Crippen LogP contribution in [-0.4, -0.2) is 67.2 Å². The van der Waals surface area contributed by atoms with Gasteiger partial charge in [0, 0.05) is 31.7 Å². The normalized spacial score (nSPS) is 19.3. The van der Waals surface area contributed by atoms with Crippen molar-refractivity contribution in [1.82, 2.24) is 9.80 Å². The molecular weight excluding hydrogens is 364 g/mol. The second-order valence-corrected chi connectivity index (χ2v) is 7.33. The van der Waals surface area contributed by atoms with E-state index in [9.17, 15) is 14.4 Å². The van der Waals surface area contributed by atoms with E-state index in [2.05, 4.69) is 0 Å². The molecule has 28 heavy (non-hydrogen) atoms. The van der Waals surface area contributed by atoms with Gasteiger partial charge in [0.1, 0.15) is 0 Å². The van der Waals surface area contributed by atoms with E-state index in [1.54, 1.807) is 30.0 Å². The maximum absolute atomic E-state index is 12.7. The van der Waals surface area contributed by atoms with Crippen molar-refractivity contribution in [1.29, 1.82) is 0 Å². The molecule has 0 bridgehead atoms. The van der Waals surface area contributed by atoms with Gasteiger partial charge in [0.15, 0.2) is 11.5 Å². The van der Waals surface area contributed by atoms with Crippen LogP contribution in [0.2, 0.25) is 0 Å². The summed E-state index contributed by atoms with van der Waals surface area (Å²) in [5.74, 6) is 0.716. The second kappa shape index (κ2) is 7.69. The molecule has 0 N–H and O–H groups in total. The Kier molecular flexibility index (Phi) is 5.11. The van der Waals surface area contributed by atoms with Gasteiger partial charge in [-0.05, 0) is 38.0 Å². The Hall–Kier alpha value is -2.77. The topological polar surface area (TPSA) is 85.4 Å². The van der Waals surface area contributed by atoms with Crippen LogP contribution in [0.5, 0.6) is 11.5 Å². The van der Waals surface area contributed by atoms with Gasteiger partial charge in [-0.1, -0.05) is 0 Å². The highest BCUT2D eigenvalue weighted by atomic mass is 16.7. The van der Waals surface area contributed by atoms with Crippen molar-refractivity contribution in [2.75, 3.05) is 39.6 Å². The molecule has 2 saturated heterocycles. The second-order valence-electron chi connectivity index (χ2n) is 7.33.